The summed E-state index contributed by atoms with van der Waals surface area (Å²) >= 11 is 0. The normalized spacial score (nSPS) is 11.9. The average molecular weight is 332 g/mol. The molecular formula is C21H20N2O2. The number of nitrogens with zero attached hydrogens (tertiary/aromatic N) is 1. The lowest BCUT2D eigenvalue weighted by Gasteiger charge is -2.20. The van der Waals surface area contributed by atoms with Crippen LogP contribution >= 0.6 is 0 Å². The Bertz CT molecular complexity index is 848. The van der Waals surface area contributed by atoms with Gasteiger partial charge in [-0.3, -0.25) is 9.78 Å². The van der Waals surface area contributed by atoms with Crippen molar-refractivity contribution in [1.29, 1.82) is 0 Å². The van der Waals surface area contributed by atoms with E-state index in [2.05, 4.69) is 4.98 Å². The minimum atomic E-state index is -0.437. The molecule has 0 saturated carbocycles. The van der Waals surface area contributed by atoms with E-state index in [0.717, 1.165) is 22.3 Å². The van der Waals surface area contributed by atoms with E-state index in [-0.39, 0.29) is 5.92 Å². The quantitative estimate of drug-likeness (QED) is 0.750. The lowest BCUT2D eigenvalue weighted by Crippen LogP contribution is -2.18. The molecule has 0 aliphatic rings. The predicted octanol–water partition coefficient (Wildman–Crippen LogP) is 3.63. The zero-order valence-electron chi connectivity index (χ0n) is 14.1. The third-order valence-electron chi connectivity index (χ3n) is 4.24. The van der Waals surface area contributed by atoms with Crippen LogP contribution in [0.3, 0.4) is 0 Å². The summed E-state index contributed by atoms with van der Waals surface area (Å²) in [6, 6.07) is 19.6. The number of hydrogen-bond donors (Lipinski definition) is 1. The Labute approximate surface area is 147 Å². The van der Waals surface area contributed by atoms with E-state index >= 15 is 0 Å². The van der Waals surface area contributed by atoms with Crippen molar-refractivity contribution in [2.45, 2.75) is 5.92 Å². The molecule has 0 saturated heterocycles. The van der Waals surface area contributed by atoms with Gasteiger partial charge in [0.15, 0.2) is 0 Å². The molecule has 4 heteroatoms. The molecule has 1 aromatic heterocycles. The van der Waals surface area contributed by atoms with Crippen LogP contribution < -0.4 is 5.73 Å². The van der Waals surface area contributed by atoms with E-state index in [1.54, 1.807) is 25.6 Å². The molecule has 126 valence electrons. The number of methoxy groups -OCH3 is 1. The molecule has 1 heterocycles. The number of rotatable bonds is 6. The van der Waals surface area contributed by atoms with E-state index in [4.69, 9.17) is 10.5 Å². The Morgan fingerprint density at radius 1 is 1.04 bits per heavy atom. The first-order valence-electron chi connectivity index (χ1n) is 8.08. The number of amides is 1. The first kappa shape index (κ1) is 16.9. The highest BCUT2D eigenvalue weighted by Crippen LogP contribution is 2.31. The number of carbonyl (C=O) groups excluding carboxylic acids is 1. The van der Waals surface area contributed by atoms with Gasteiger partial charge in [-0.25, -0.2) is 0 Å². The Kier molecular flexibility index (Phi) is 5.21. The summed E-state index contributed by atoms with van der Waals surface area (Å²) in [5, 5.41) is 0. The van der Waals surface area contributed by atoms with Crippen LogP contribution in [0.15, 0.2) is 73.1 Å². The van der Waals surface area contributed by atoms with Gasteiger partial charge >= 0.3 is 0 Å². The van der Waals surface area contributed by atoms with Crippen molar-refractivity contribution >= 4 is 5.91 Å². The molecule has 0 radical (unpaired) electrons. The van der Waals surface area contributed by atoms with Gasteiger partial charge in [-0.1, -0.05) is 36.4 Å². The molecular weight excluding hydrogens is 312 g/mol. The van der Waals surface area contributed by atoms with Crippen molar-refractivity contribution < 1.29 is 9.53 Å². The molecule has 25 heavy (non-hydrogen) atoms. The van der Waals surface area contributed by atoms with Crippen molar-refractivity contribution in [3.05, 3.63) is 89.7 Å². The van der Waals surface area contributed by atoms with E-state index < -0.39 is 5.91 Å². The number of hydrogen-bond acceptors (Lipinski definition) is 3. The van der Waals surface area contributed by atoms with Gasteiger partial charge in [0, 0.05) is 31.0 Å². The van der Waals surface area contributed by atoms with Crippen LogP contribution in [0.5, 0.6) is 0 Å². The largest absolute Gasteiger partial charge is 0.384 e. The van der Waals surface area contributed by atoms with E-state index in [1.807, 2.05) is 54.6 Å². The maximum Gasteiger partial charge on any atom is 0.249 e. The topological polar surface area (TPSA) is 65.2 Å². The second kappa shape index (κ2) is 7.73. The number of pyridine rings is 1. The molecule has 0 spiro atoms. The second-order valence-corrected chi connectivity index (χ2v) is 5.82. The SMILES string of the molecule is COC[C@@H](c1ccccc1)c1cc(-c2ccncc2)ccc1C(N)=O. The van der Waals surface area contributed by atoms with Gasteiger partial charge in [0.25, 0.3) is 0 Å². The number of ether oxygens (including phenoxy) is 1. The summed E-state index contributed by atoms with van der Waals surface area (Å²) in [6.45, 7) is 0.462. The summed E-state index contributed by atoms with van der Waals surface area (Å²) in [4.78, 5) is 16.0. The minimum absolute atomic E-state index is 0.0736. The van der Waals surface area contributed by atoms with Crippen molar-refractivity contribution in [2.24, 2.45) is 5.73 Å². The number of benzene rings is 2. The van der Waals surface area contributed by atoms with E-state index in [9.17, 15) is 4.79 Å². The molecule has 1 atom stereocenters. The molecule has 0 bridgehead atoms. The van der Waals surface area contributed by atoms with Gasteiger partial charge in [-0.05, 0) is 46.5 Å². The van der Waals surface area contributed by atoms with Gasteiger partial charge in [0.1, 0.15) is 0 Å². The third-order valence-corrected chi connectivity index (χ3v) is 4.24. The summed E-state index contributed by atoms with van der Waals surface area (Å²) in [7, 11) is 1.66. The molecule has 2 N–H and O–H groups in total. The molecule has 1 amide bonds. The standard InChI is InChI=1S/C21H20N2O2/c1-25-14-20(16-5-3-2-4-6-16)19-13-17(7-8-18(19)21(22)24)15-9-11-23-12-10-15/h2-13,20H,14H2,1H3,(H2,22,24)/t20-/m0/s1. The van der Waals surface area contributed by atoms with Crippen LogP contribution in [0.2, 0.25) is 0 Å². The first-order chi connectivity index (χ1) is 12.2. The number of carbonyl (C=O) groups is 1. The summed E-state index contributed by atoms with van der Waals surface area (Å²) in [5.41, 5.74) is 10.1. The van der Waals surface area contributed by atoms with Crippen LogP contribution in [0.1, 0.15) is 27.4 Å². The second-order valence-electron chi connectivity index (χ2n) is 5.82. The predicted molar refractivity (Wildman–Crippen MR) is 98.4 cm³/mol. The Morgan fingerprint density at radius 3 is 2.40 bits per heavy atom. The molecule has 0 unspecified atom stereocenters. The number of nitrogens with two attached hydrogens (primary N) is 1. The van der Waals surface area contributed by atoms with Crippen molar-refractivity contribution in [2.75, 3.05) is 13.7 Å². The summed E-state index contributed by atoms with van der Waals surface area (Å²) < 4.78 is 5.43. The fraction of sp³-hybridized carbons (Fsp3) is 0.143. The van der Waals surface area contributed by atoms with Crippen LogP contribution in [-0.2, 0) is 4.74 Å². The van der Waals surface area contributed by atoms with Gasteiger partial charge in [0.2, 0.25) is 5.91 Å². The maximum absolute atomic E-state index is 12.0. The number of primary amides is 1. The maximum atomic E-state index is 12.0. The highest BCUT2D eigenvalue weighted by atomic mass is 16.5. The lowest BCUT2D eigenvalue weighted by molar-refractivity contribution is 0.0998. The lowest BCUT2D eigenvalue weighted by atomic mass is 9.86. The van der Waals surface area contributed by atoms with Crippen molar-refractivity contribution in [3.8, 4) is 11.1 Å². The van der Waals surface area contributed by atoms with Crippen LogP contribution in [0.4, 0.5) is 0 Å². The molecule has 3 rings (SSSR count). The Morgan fingerprint density at radius 2 is 1.76 bits per heavy atom. The van der Waals surface area contributed by atoms with Gasteiger partial charge < -0.3 is 10.5 Å². The zero-order chi connectivity index (χ0) is 17.6. The fourth-order valence-electron chi connectivity index (χ4n) is 3.02. The minimum Gasteiger partial charge on any atom is -0.384 e. The molecule has 2 aromatic carbocycles. The monoisotopic (exact) mass is 332 g/mol. The van der Waals surface area contributed by atoms with Crippen molar-refractivity contribution in [1.82, 2.24) is 4.98 Å². The first-order valence-corrected chi connectivity index (χ1v) is 8.08. The molecule has 0 aliphatic carbocycles. The summed E-state index contributed by atoms with van der Waals surface area (Å²) in [5.74, 6) is -0.510. The Balaban J connectivity index is 2.15. The molecule has 0 aliphatic heterocycles. The van der Waals surface area contributed by atoms with Crippen molar-refractivity contribution in [3.63, 3.8) is 0 Å². The molecule has 0 fully saturated rings. The van der Waals surface area contributed by atoms with E-state index in [1.165, 1.54) is 0 Å². The van der Waals surface area contributed by atoms with Gasteiger partial charge in [0.05, 0.1) is 6.61 Å². The van der Waals surface area contributed by atoms with Gasteiger partial charge in [-0.15, -0.1) is 0 Å². The van der Waals surface area contributed by atoms with Crippen LogP contribution in [-0.4, -0.2) is 24.6 Å². The highest BCUT2D eigenvalue weighted by Gasteiger charge is 2.20. The van der Waals surface area contributed by atoms with Crippen LogP contribution in [0, 0.1) is 0 Å². The molecule has 4 nitrogen and oxygen atoms in total. The van der Waals surface area contributed by atoms with Gasteiger partial charge in [-0.2, -0.15) is 0 Å². The average Bonchev–Trinajstić information content (AvgIpc) is 2.67. The van der Waals surface area contributed by atoms with E-state index in [0.29, 0.717) is 12.2 Å². The third kappa shape index (κ3) is 3.75. The zero-order valence-corrected chi connectivity index (χ0v) is 14.1. The van der Waals surface area contributed by atoms with Crippen LogP contribution in [0.25, 0.3) is 11.1 Å². The fourth-order valence-corrected chi connectivity index (χ4v) is 3.02. The Hall–Kier alpha value is -2.98. The molecule has 3 aromatic rings. The number of aromatic nitrogens is 1. The highest BCUT2D eigenvalue weighted by molar-refractivity contribution is 5.95. The smallest absolute Gasteiger partial charge is 0.249 e. The summed E-state index contributed by atoms with van der Waals surface area (Å²) in [6.07, 6.45) is 3.50.